The van der Waals surface area contributed by atoms with Crippen LogP contribution in [0.25, 0.3) is 0 Å². The Morgan fingerprint density at radius 2 is 1.91 bits per heavy atom. The third kappa shape index (κ3) is 4.99. The number of primary amides is 1. The van der Waals surface area contributed by atoms with Crippen molar-refractivity contribution in [1.82, 2.24) is 26.2 Å². The molecular formula is C23H38N6O4S. The lowest BCUT2D eigenvalue weighted by Gasteiger charge is -2.38. The summed E-state index contributed by atoms with van der Waals surface area (Å²) in [4.78, 5) is 53.0. The molecule has 2 heterocycles. The summed E-state index contributed by atoms with van der Waals surface area (Å²) < 4.78 is 0. The van der Waals surface area contributed by atoms with Crippen molar-refractivity contribution < 1.29 is 19.2 Å². The number of thiocarbonyl (C=S) groups is 1. The number of carbonyl (C=O) groups is 4. The summed E-state index contributed by atoms with van der Waals surface area (Å²) in [6.07, 6.45) is 0.738. The Kier molecular flexibility index (Phi) is 7.17. The second-order valence-corrected chi connectivity index (χ2v) is 11.8. The van der Waals surface area contributed by atoms with Gasteiger partial charge in [-0.25, -0.2) is 0 Å². The molecular weight excluding hydrogens is 456 g/mol. The van der Waals surface area contributed by atoms with Gasteiger partial charge >= 0.3 is 0 Å². The SMILES string of the molecule is CNC(=S)N[C@H](C(=O)N1C[C@H]2[C@@H]([C@H]1C(=O)N[C@@H](C[C@@H]1CCNC1=O)C(N)=O)C2(C)C)C(C)(C)C. The number of nitrogens with one attached hydrogen (secondary N) is 4. The van der Waals surface area contributed by atoms with E-state index in [4.69, 9.17) is 18.0 Å². The zero-order valence-electron chi connectivity index (χ0n) is 20.9. The van der Waals surface area contributed by atoms with E-state index in [1.54, 1.807) is 11.9 Å². The van der Waals surface area contributed by atoms with Crippen molar-refractivity contribution in [3.05, 3.63) is 0 Å². The van der Waals surface area contributed by atoms with Crippen LogP contribution in [-0.2, 0) is 19.2 Å². The first-order valence-electron chi connectivity index (χ1n) is 11.9. The van der Waals surface area contributed by atoms with Crippen LogP contribution in [0.15, 0.2) is 0 Å². The summed E-state index contributed by atoms with van der Waals surface area (Å²) >= 11 is 5.25. The second kappa shape index (κ2) is 9.31. The van der Waals surface area contributed by atoms with E-state index in [0.717, 1.165) is 0 Å². The smallest absolute Gasteiger partial charge is 0.246 e. The number of likely N-dealkylation sites (tertiary alicyclic amines) is 1. The average molecular weight is 495 g/mol. The molecule has 1 saturated carbocycles. The van der Waals surface area contributed by atoms with Gasteiger partial charge in [-0.3, -0.25) is 19.2 Å². The monoisotopic (exact) mass is 494 g/mol. The fraction of sp³-hybridized carbons (Fsp3) is 0.783. The number of fused-ring (bicyclic) bond motifs is 1. The molecule has 6 atom stereocenters. The normalized spacial score (nSPS) is 28.9. The van der Waals surface area contributed by atoms with Crippen LogP contribution in [0.2, 0.25) is 0 Å². The molecule has 0 aromatic heterocycles. The molecule has 0 unspecified atom stereocenters. The lowest BCUT2D eigenvalue weighted by Crippen LogP contribution is -2.61. The Balaban J connectivity index is 1.82. The maximum absolute atomic E-state index is 13.7. The van der Waals surface area contributed by atoms with Crippen LogP contribution in [0.3, 0.4) is 0 Å². The molecule has 4 amide bonds. The number of piperidine rings is 1. The van der Waals surface area contributed by atoms with Gasteiger partial charge in [0, 0.05) is 26.1 Å². The molecule has 6 N–H and O–H groups in total. The summed E-state index contributed by atoms with van der Waals surface area (Å²) in [7, 11) is 1.68. The highest BCUT2D eigenvalue weighted by Gasteiger charge is 2.69. The third-order valence-corrected chi connectivity index (χ3v) is 8.04. The molecule has 3 fully saturated rings. The first kappa shape index (κ1) is 26.2. The molecule has 0 aromatic carbocycles. The Bertz CT molecular complexity index is 885. The molecule has 0 bridgehead atoms. The number of rotatable bonds is 7. The topological polar surface area (TPSA) is 146 Å². The van der Waals surface area contributed by atoms with Crippen LogP contribution in [0.5, 0.6) is 0 Å². The fourth-order valence-electron chi connectivity index (χ4n) is 5.49. The van der Waals surface area contributed by atoms with Crippen LogP contribution in [0.1, 0.15) is 47.5 Å². The van der Waals surface area contributed by atoms with Crippen molar-refractivity contribution in [2.45, 2.75) is 65.6 Å². The molecule has 1 aliphatic carbocycles. The van der Waals surface area contributed by atoms with E-state index in [2.05, 4.69) is 35.1 Å². The van der Waals surface area contributed by atoms with Crippen molar-refractivity contribution in [2.75, 3.05) is 20.1 Å². The first-order chi connectivity index (χ1) is 15.7. The molecule has 10 nitrogen and oxygen atoms in total. The zero-order chi connectivity index (χ0) is 25.6. The van der Waals surface area contributed by atoms with Crippen LogP contribution < -0.4 is 27.0 Å². The van der Waals surface area contributed by atoms with Gasteiger partial charge in [0.05, 0.1) is 0 Å². The Hall–Kier alpha value is -2.43. The lowest BCUT2D eigenvalue weighted by atomic mass is 9.85. The molecule has 0 radical (unpaired) electrons. The Labute approximate surface area is 206 Å². The molecule has 2 saturated heterocycles. The van der Waals surface area contributed by atoms with E-state index >= 15 is 0 Å². The highest BCUT2D eigenvalue weighted by Crippen LogP contribution is 2.65. The second-order valence-electron chi connectivity index (χ2n) is 11.4. The molecule has 34 heavy (non-hydrogen) atoms. The van der Waals surface area contributed by atoms with E-state index in [1.165, 1.54) is 0 Å². The maximum Gasteiger partial charge on any atom is 0.246 e. The highest BCUT2D eigenvalue weighted by atomic mass is 32.1. The molecule has 0 spiro atoms. The quantitative estimate of drug-likeness (QED) is 0.299. The predicted molar refractivity (Wildman–Crippen MR) is 131 cm³/mol. The van der Waals surface area contributed by atoms with Crippen molar-refractivity contribution >= 4 is 41.0 Å². The minimum Gasteiger partial charge on any atom is -0.368 e. The molecule has 3 rings (SSSR count). The third-order valence-electron chi connectivity index (χ3n) is 7.72. The average Bonchev–Trinajstić information content (AvgIpc) is 3.10. The summed E-state index contributed by atoms with van der Waals surface area (Å²) in [5.41, 5.74) is 5.03. The Morgan fingerprint density at radius 1 is 1.26 bits per heavy atom. The van der Waals surface area contributed by atoms with Gasteiger partial charge in [-0.05, 0) is 47.7 Å². The van der Waals surface area contributed by atoms with Crippen molar-refractivity contribution in [3.8, 4) is 0 Å². The van der Waals surface area contributed by atoms with Crippen LogP contribution >= 0.6 is 12.2 Å². The number of hydrogen-bond acceptors (Lipinski definition) is 5. The summed E-state index contributed by atoms with van der Waals surface area (Å²) in [6.45, 7) is 11.0. The van der Waals surface area contributed by atoms with Gasteiger partial charge in [0.15, 0.2) is 5.11 Å². The first-order valence-corrected chi connectivity index (χ1v) is 12.3. The van der Waals surface area contributed by atoms with E-state index in [0.29, 0.717) is 24.6 Å². The van der Waals surface area contributed by atoms with Crippen molar-refractivity contribution in [1.29, 1.82) is 0 Å². The molecule has 0 aromatic rings. The predicted octanol–water partition coefficient (Wildman–Crippen LogP) is -0.526. The van der Waals surface area contributed by atoms with E-state index in [9.17, 15) is 19.2 Å². The number of carbonyl (C=O) groups excluding carboxylic acids is 4. The van der Waals surface area contributed by atoms with Gasteiger partial charge in [-0.2, -0.15) is 0 Å². The summed E-state index contributed by atoms with van der Waals surface area (Å²) in [5.74, 6) is -1.64. The minimum atomic E-state index is -0.979. The number of hydrogen-bond donors (Lipinski definition) is 5. The number of amides is 4. The van der Waals surface area contributed by atoms with Gasteiger partial charge in [0.2, 0.25) is 23.6 Å². The van der Waals surface area contributed by atoms with E-state index in [-0.39, 0.29) is 41.4 Å². The highest BCUT2D eigenvalue weighted by molar-refractivity contribution is 7.80. The largest absolute Gasteiger partial charge is 0.368 e. The lowest BCUT2D eigenvalue weighted by molar-refractivity contribution is -0.144. The molecule has 2 aliphatic heterocycles. The molecule has 3 aliphatic rings. The number of nitrogens with zero attached hydrogens (tertiary/aromatic N) is 1. The molecule has 11 heteroatoms. The van der Waals surface area contributed by atoms with Crippen molar-refractivity contribution in [3.63, 3.8) is 0 Å². The van der Waals surface area contributed by atoms with Crippen LogP contribution in [0.4, 0.5) is 0 Å². The van der Waals surface area contributed by atoms with Crippen LogP contribution in [-0.4, -0.2) is 71.9 Å². The standard InChI is InChI=1S/C23H38N6O4S/c1-22(2,3)16(28-21(34)25-6)20(33)29-10-12-14(23(12,4)5)15(29)19(32)27-13(17(24)30)9-11-7-8-26-18(11)31/h11-16H,7-10H2,1-6H3,(H2,24,30)(H,26,31)(H,27,32)(H2,25,28,34)/t11-,12-,13-,14-,15-,16+/m0/s1. The number of nitrogens with two attached hydrogens (primary N) is 1. The van der Waals surface area contributed by atoms with Gasteiger partial charge in [0.1, 0.15) is 18.1 Å². The molecule has 190 valence electrons. The van der Waals surface area contributed by atoms with Gasteiger partial charge in [0.25, 0.3) is 0 Å². The minimum absolute atomic E-state index is 0.0170. The summed E-state index contributed by atoms with van der Waals surface area (Å²) in [5, 5.41) is 11.8. The fourth-order valence-corrected chi connectivity index (χ4v) is 5.61. The van der Waals surface area contributed by atoms with Gasteiger partial charge in [-0.1, -0.05) is 34.6 Å². The van der Waals surface area contributed by atoms with Gasteiger partial charge < -0.3 is 31.9 Å². The zero-order valence-corrected chi connectivity index (χ0v) is 21.7. The summed E-state index contributed by atoms with van der Waals surface area (Å²) in [6, 6.07) is -2.34. The Morgan fingerprint density at radius 3 is 2.41 bits per heavy atom. The maximum atomic E-state index is 13.7. The van der Waals surface area contributed by atoms with Crippen LogP contribution in [0, 0.1) is 28.6 Å². The van der Waals surface area contributed by atoms with E-state index in [1.807, 2.05) is 20.8 Å². The van der Waals surface area contributed by atoms with E-state index < -0.39 is 35.4 Å². The van der Waals surface area contributed by atoms with Gasteiger partial charge in [-0.15, -0.1) is 0 Å². The van der Waals surface area contributed by atoms with Crippen molar-refractivity contribution in [2.24, 2.45) is 34.3 Å².